The molecule has 0 aromatic heterocycles. The molecule has 8 atom stereocenters. The van der Waals surface area contributed by atoms with E-state index in [4.69, 9.17) is 14.2 Å². The van der Waals surface area contributed by atoms with Crippen molar-refractivity contribution in [2.24, 2.45) is 0 Å². The van der Waals surface area contributed by atoms with Gasteiger partial charge in [-0.1, -0.05) is 386 Å². The second-order valence-corrected chi connectivity index (χ2v) is 27.5. The molecule has 0 aromatic rings. The maximum absolute atomic E-state index is 13.5. The zero-order chi connectivity index (χ0) is 63.9. The van der Waals surface area contributed by atoms with Crippen molar-refractivity contribution >= 4 is 11.9 Å². The molecule has 11 nitrogen and oxygen atoms in total. The average Bonchev–Trinajstić information content (AvgIpc) is 2.53. The normalized spacial score (nSPS) is 18.1. The summed E-state index contributed by atoms with van der Waals surface area (Å²) in [5.74, 6) is -1.17. The summed E-state index contributed by atoms with van der Waals surface area (Å²) in [5.41, 5.74) is 0. The van der Waals surface area contributed by atoms with Crippen molar-refractivity contribution in [2.45, 2.75) is 455 Å². The predicted molar refractivity (Wildman–Crippen MR) is 371 cm³/mol. The SMILES string of the molecule is CCCCCCCCCCCC/C=C/C(O)C(COC1OC(CO)C(O)C(O)C1OC(=O)CCCCCCCCCCCCCCCCCCCCCCC)NC(=O)C(O)CCCCCCCCCCCCCCCCCCCCCCCCCCCC. The van der Waals surface area contributed by atoms with E-state index >= 15 is 0 Å². The molecule has 1 rings (SSSR count). The molecule has 1 saturated heterocycles. The van der Waals surface area contributed by atoms with Crippen LogP contribution in [0, 0.1) is 0 Å². The van der Waals surface area contributed by atoms with Gasteiger partial charge in [0.25, 0.3) is 0 Å². The lowest BCUT2D eigenvalue weighted by Crippen LogP contribution is -2.61. The quantitative estimate of drug-likeness (QED) is 0.0195. The summed E-state index contributed by atoms with van der Waals surface area (Å²) in [6.45, 7) is 5.88. The number of amides is 1. The maximum Gasteiger partial charge on any atom is 0.306 e. The van der Waals surface area contributed by atoms with Crippen LogP contribution in [-0.4, -0.2) is 99.6 Å². The lowest BCUT2D eigenvalue weighted by molar-refractivity contribution is -0.305. The molecular formula is C77H149NO10. The van der Waals surface area contributed by atoms with Crippen molar-refractivity contribution in [2.75, 3.05) is 13.2 Å². The lowest BCUT2D eigenvalue weighted by atomic mass is 9.99. The molecule has 0 bridgehead atoms. The van der Waals surface area contributed by atoms with Crippen LogP contribution in [0.4, 0.5) is 0 Å². The van der Waals surface area contributed by atoms with Gasteiger partial charge < -0.3 is 45.1 Å². The Labute approximate surface area is 544 Å². The molecule has 11 heteroatoms. The van der Waals surface area contributed by atoms with Crippen LogP contribution in [0.2, 0.25) is 0 Å². The van der Waals surface area contributed by atoms with Gasteiger partial charge in [0.15, 0.2) is 12.4 Å². The Bertz CT molecular complexity index is 1480. The number of carbonyl (C=O) groups excluding carboxylic acids is 2. The number of carbonyl (C=O) groups is 2. The minimum atomic E-state index is -1.61. The molecule has 1 aliphatic heterocycles. The van der Waals surface area contributed by atoms with Crippen LogP contribution in [0.5, 0.6) is 0 Å². The highest BCUT2D eigenvalue weighted by molar-refractivity contribution is 5.80. The fraction of sp³-hybridized carbons (Fsp3) is 0.948. The van der Waals surface area contributed by atoms with Crippen molar-refractivity contribution < 1.29 is 49.3 Å². The summed E-state index contributed by atoms with van der Waals surface area (Å²) in [7, 11) is 0. The van der Waals surface area contributed by atoms with E-state index in [0.29, 0.717) is 19.3 Å². The number of nitrogens with one attached hydrogen (secondary N) is 1. The zero-order valence-electron chi connectivity index (χ0n) is 58.4. The second kappa shape index (κ2) is 65.5. The van der Waals surface area contributed by atoms with E-state index in [1.54, 1.807) is 6.08 Å². The first kappa shape index (κ1) is 84.4. The van der Waals surface area contributed by atoms with Gasteiger partial charge in [0.2, 0.25) is 5.91 Å². The number of unbranched alkanes of at least 4 members (excludes halogenated alkanes) is 55. The van der Waals surface area contributed by atoms with E-state index in [9.17, 15) is 35.1 Å². The van der Waals surface area contributed by atoms with Gasteiger partial charge in [0, 0.05) is 6.42 Å². The highest BCUT2D eigenvalue weighted by atomic mass is 16.7. The number of ether oxygens (including phenoxy) is 3. The van der Waals surface area contributed by atoms with Crippen LogP contribution in [0.15, 0.2) is 12.2 Å². The summed E-state index contributed by atoms with van der Waals surface area (Å²) in [6, 6.07) is -1.02. The highest BCUT2D eigenvalue weighted by Crippen LogP contribution is 2.27. The molecular weight excluding hydrogens is 1100 g/mol. The van der Waals surface area contributed by atoms with Gasteiger partial charge in [-0.05, 0) is 25.7 Å². The Hall–Kier alpha value is -1.60. The van der Waals surface area contributed by atoms with Crippen molar-refractivity contribution in [1.29, 1.82) is 0 Å². The molecule has 0 saturated carbocycles. The van der Waals surface area contributed by atoms with Crippen LogP contribution in [-0.2, 0) is 23.8 Å². The maximum atomic E-state index is 13.5. The number of hydrogen-bond acceptors (Lipinski definition) is 10. The van der Waals surface area contributed by atoms with E-state index in [1.165, 1.54) is 302 Å². The van der Waals surface area contributed by atoms with Gasteiger partial charge in [0.1, 0.15) is 24.4 Å². The Kier molecular flexibility index (Phi) is 62.8. The van der Waals surface area contributed by atoms with Crippen LogP contribution in [0.25, 0.3) is 0 Å². The molecule has 0 aliphatic carbocycles. The summed E-state index contributed by atoms with van der Waals surface area (Å²) in [5, 5.41) is 57.4. The topological polar surface area (TPSA) is 175 Å². The molecule has 88 heavy (non-hydrogen) atoms. The smallest absolute Gasteiger partial charge is 0.306 e. The van der Waals surface area contributed by atoms with Crippen LogP contribution >= 0.6 is 0 Å². The first-order valence-corrected chi connectivity index (χ1v) is 39.0. The molecule has 8 unspecified atom stereocenters. The van der Waals surface area contributed by atoms with Gasteiger partial charge >= 0.3 is 5.97 Å². The number of esters is 1. The summed E-state index contributed by atoms with van der Waals surface area (Å²) in [4.78, 5) is 26.7. The minimum absolute atomic E-state index is 0.132. The third-order valence-electron chi connectivity index (χ3n) is 18.9. The van der Waals surface area contributed by atoms with E-state index in [-0.39, 0.29) is 13.0 Å². The van der Waals surface area contributed by atoms with Crippen molar-refractivity contribution in [3.63, 3.8) is 0 Å². The van der Waals surface area contributed by atoms with Gasteiger partial charge in [-0.2, -0.15) is 0 Å². The van der Waals surface area contributed by atoms with E-state index in [0.717, 1.165) is 57.8 Å². The summed E-state index contributed by atoms with van der Waals surface area (Å²) in [6.07, 6.45) is 68.5. The number of rotatable bonds is 69. The Morgan fingerprint density at radius 2 is 0.739 bits per heavy atom. The third kappa shape index (κ3) is 51.9. The van der Waals surface area contributed by atoms with Crippen LogP contribution < -0.4 is 5.32 Å². The lowest BCUT2D eigenvalue weighted by Gasteiger charge is -2.41. The van der Waals surface area contributed by atoms with E-state index < -0.39 is 67.4 Å². The number of aliphatic hydroxyl groups is 5. The van der Waals surface area contributed by atoms with E-state index in [2.05, 4.69) is 26.1 Å². The second-order valence-electron chi connectivity index (χ2n) is 27.5. The third-order valence-corrected chi connectivity index (χ3v) is 18.9. The van der Waals surface area contributed by atoms with Gasteiger partial charge in [-0.3, -0.25) is 9.59 Å². The minimum Gasteiger partial charge on any atom is -0.454 e. The van der Waals surface area contributed by atoms with Crippen molar-refractivity contribution in [1.82, 2.24) is 5.32 Å². The van der Waals surface area contributed by atoms with Gasteiger partial charge in [-0.25, -0.2) is 0 Å². The molecule has 6 N–H and O–H groups in total. The molecule has 1 fully saturated rings. The Morgan fingerprint density at radius 1 is 0.432 bits per heavy atom. The first-order valence-electron chi connectivity index (χ1n) is 39.0. The van der Waals surface area contributed by atoms with Crippen LogP contribution in [0.1, 0.15) is 406 Å². The predicted octanol–water partition coefficient (Wildman–Crippen LogP) is 20.6. The largest absolute Gasteiger partial charge is 0.454 e. The number of aliphatic hydroxyl groups excluding tert-OH is 5. The summed E-state index contributed by atoms with van der Waals surface area (Å²) >= 11 is 0. The molecule has 1 amide bonds. The van der Waals surface area contributed by atoms with Crippen molar-refractivity contribution in [3.05, 3.63) is 12.2 Å². The molecule has 0 radical (unpaired) electrons. The first-order chi connectivity index (χ1) is 43.2. The Balaban J connectivity index is 2.49. The molecule has 522 valence electrons. The van der Waals surface area contributed by atoms with Gasteiger partial charge in [-0.15, -0.1) is 0 Å². The van der Waals surface area contributed by atoms with Crippen LogP contribution in [0.3, 0.4) is 0 Å². The molecule has 0 aromatic carbocycles. The van der Waals surface area contributed by atoms with Crippen molar-refractivity contribution in [3.8, 4) is 0 Å². The number of allylic oxidation sites excluding steroid dienone is 1. The van der Waals surface area contributed by atoms with E-state index in [1.807, 2.05) is 6.08 Å². The molecule has 1 heterocycles. The monoisotopic (exact) mass is 1250 g/mol. The summed E-state index contributed by atoms with van der Waals surface area (Å²) < 4.78 is 17.7. The molecule has 0 spiro atoms. The standard InChI is InChI=1S/C77H149NO10/c1-4-7-10-13-16-19-22-25-27-29-31-33-34-35-36-37-39-40-42-44-46-49-52-55-58-61-64-70(81)76(85)78-68(69(80)63-60-57-54-51-48-24-21-18-15-12-9-6-3)67-86-77-75(74(84)73(83)71(66-79)87-77)88-72(82)65-62-59-56-53-50-47-45-43-41-38-32-30-28-26-23-20-17-14-11-8-5-2/h60,63,68-71,73-75,77,79-81,83-84H,4-59,61-62,64-67H2,1-3H3,(H,78,85)/b63-60+. The molecule has 1 aliphatic rings. The highest BCUT2D eigenvalue weighted by Gasteiger charge is 2.47. The fourth-order valence-electron chi connectivity index (χ4n) is 12.8. The zero-order valence-corrected chi connectivity index (χ0v) is 58.4. The van der Waals surface area contributed by atoms with Gasteiger partial charge in [0.05, 0.1) is 25.4 Å². The number of hydrogen-bond donors (Lipinski definition) is 6. The Morgan fingerprint density at radius 3 is 1.07 bits per heavy atom. The average molecular weight is 1250 g/mol. The fourth-order valence-corrected chi connectivity index (χ4v) is 12.8.